The van der Waals surface area contributed by atoms with Crippen LogP contribution in [0, 0.1) is 11.3 Å². The van der Waals surface area contributed by atoms with Gasteiger partial charge in [-0.1, -0.05) is 25.5 Å². The Balaban J connectivity index is 0.00000300. The number of anilines is 1. The van der Waals surface area contributed by atoms with Crippen molar-refractivity contribution < 1.29 is 4.74 Å². The lowest BCUT2D eigenvalue weighted by atomic mass is 9.67. The fraction of sp³-hybridized carbons (Fsp3) is 0.696. The molecular formula is C23H39IN4O. The molecule has 1 aliphatic carbocycles. The van der Waals surface area contributed by atoms with Crippen molar-refractivity contribution in [3.05, 3.63) is 29.8 Å². The van der Waals surface area contributed by atoms with Gasteiger partial charge in [0.1, 0.15) is 0 Å². The maximum absolute atomic E-state index is 5.29. The smallest absolute Gasteiger partial charge is 0.191 e. The first kappa shape index (κ1) is 24.3. The summed E-state index contributed by atoms with van der Waals surface area (Å²) in [6.07, 6.45) is 7.65. The van der Waals surface area contributed by atoms with Gasteiger partial charge in [0.2, 0.25) is 0 Å². The minimum absolute atomic E-state index is 0. The van der Waals surface area contributed by atoms with Crippen LogP contribution in [0.5, 0.6) is 0 Å². The minimum Gasteiger partial charge on any atom is -0.385 e. The summed E-state index contributed by atoms with van der Waals surface area (Å²) in [6, 6.07) is 8.99. The Bertz CT molecular complexity index is 622. The van der Waals surface area contributed by atoms with E-state index in [4.69, 9.17) is 4.74 Å². The Morgan fingerprint density at radius 3 is 2.41 bits per heavy atom. The summed E-state index contributed by atoms with van der Waals surface area (Å²) in [6.45, 7) is 7.33. The molecule has 1 saturated heterocycles. The number of rotatable bonds is 8. The second kappa shape index (κ2) is 12.0. The Labute approximate surface area is 194 Å². The van der Waals surface area contributed by atoms with Gasteiger partial charge in [0.25, 0.3) is 0 Å². The van der Waals surface area contributed by atoms with Gasteiger partial charge in [-0.15, -0.1) is 24.0 Å². The van der Waals surface area contributed by atoms with Gasteiger partial charge in [-0.05, 0) is 61.1 Å². The van der Waals surface area contributed by atoms with Gasteiger partial charge in [0, 0.05) is 52.6 Å². The van der Waals surface area contributed by atoms with E-state index in [0.717, 1.165) is 38.0 Å². The zero-order valence-electron chi connectivity index (χ0n) is 18.4. The molecule has 2 aliphatic rings. The number of ether oxygens (including phenoxy) is 1. The molecule has 0 aromatic heterocycles. The normalized spacial score (nSPS) is 19.3. The third-order valence-corrected chi connectivity index (χ3v) is 6.65. The van der Waals surface area contributed by atoms with Crippen LogP contribution < -0.4 is 15.5 Å². The SMILES string of the molecule is CN=C(NCc1ccc(N2CCC(C)CC2)cc1)NCC1(CCOC)CCC1.I. The highest BCUT2D eigenvalue weighted by atomic mass is 127. The van der Waals surface area contributed by atoms with Gasteiger partial charge in [-0.25, -0.2) is 0 Å². The topological polar surface area (TPSA) is 48.9 Å². The van der Waals surface area contributed by atoms with Gasteiger partial charge in [-0.3, -0.25) is 4.99 Å². The van der Waals surface area contributed by atoms with Crippen LogP contribution in [0.25, 0.3) is 0 Å². The number of hydrogen-bond donors (Lipinski definition) is 2. The van der Waals surface area contributed by atoms with Crippen LogP contribution >= 0.6 is 24.0 Å². The van der Waals surface area contributed by atoms with Crippen LogP contribution in [-0.4, -0.2) is 46.4 Å². The van der Waals surface area contributed by atoms with E-state index < -0.39 is 0 Å². The lowest BCUT2D eigenvalue weighted by Gasteiger charge is -2.42. The van der Waals surface area contributed by atoms with Crippen molar-refractivity contribution in [2.24, 2.45) is 16.3 Å². The van der Waals surface area contributed by atoms with E-state index >= 15 is 0 Å². The van der Waals surface area contributed by atoms with Gasteiger partial charge in [-0.2, -0.15) is 0 Å². The fourth-order valence-corrected chi connectivity index (χ4v) is 4.28. The summed E-state index contributed by atoms with van der Waals surface area (Å²) in [5.74, 6) is 1.75. The van der Waals surface area contributed by atoms with E-state index in [-0.39, 0.29) is 24.0 Å². The van der Waals surface area contributed by atoms with E-state index in [0.29, 0.717) is 5.41 Å². The van der Waals surface area contributed by atoms with Crippen molar-refractivity contribution in [3.63, 3.8) is 0 Å². The van der Waals surface area contributed by atoms with Crippen LogP contribution in [0.1, 0.15) is 51.0 Å². The van der Waals surface area contributed by atoms with Gasteiger partial charge < -0.3 is 20.3 Å². The molecule has 1 saturated carbocycles. The number of hydrogen-bond acceptors (Lipinski definition) is 3. The number of nitrogens with one attached hydrogen (secondary N) is 2. The average Bonchev–Trinajstić information content (AvgIpc) is 2.70. The van der Waals surface area contributed by atoms with Crippen molar-refractivity contribution in [2.45, 2.75) is 52.0 Å². The van der Waals surface area contributed by atoms with Crippen LogP contribution in [0.15, 0.2) is 29.3 Å². The first-order valence-corrected chi connectivity index (χ1v) is 10.9. The lowest BCUT2D eigenvalue weighted by molar-refractivity contribution is 0.0732. The molecule has 164 valence electrons. The number of aliphatic imine (C=N–C) groups is 1. The molecule has 1 aromatic carbocycles. The number of benzene rings is 1. The average molecular weight is 514 g/mol. The number of guanidine groups is 1. The largest absolute Gasteiger partial charge is 0.385 e. The van der Waals surface area contributed by atoms with E-state index in [1.807, 2.05) is 7.05 Å². The van der Waals surface area contributed by atoms with Crippen molar-refractivity contribution >= 4 is 35.6 Å². The highest BCUT2D eigenvalue weighted by molar-refractivity contribution is 14.0. The maximum Gasteiger partial charge on any atom is 0.191 e. The summed E-state index contributed by atoms with van der Waals surface area (Å²) in [7, 11) is 3.63. The molecule has 5 nitrogen and oxygen atoms in total. The summed E-state index contributed by atoms with van der Waals surface area (Å²) in [4.78, 5) is 6.91. The van der Waals surface area contributed by atoms with Crippen molar-refractivity contribution in [3.8, 4) is 0 Å². The molecule has 0 amide bonds. The Hall–Kier alpha value is -1.02. The van der Waals surface area contributed by atoms with E-state index in [1.165, 1.54) is 56.4 Å². The Morgan fingerprint density at radius 1 is 1.17 bits per heavy atom. The molecule has 0 bridgehead atoms. The number of piperidine rings is 1. The molecule has 29 heavy (non-hydrogen) atoms. The zero-order chi connectivity index (χ0) is 19.8. The number of nitrogens with zero attached hydrogens (tertiary/aromatic N) is 2. The van der Waals surface area contributed by atoms with Crippen LogP contribution in [0.2, 0.25) is 0 Å². The quantitative estimate of drug-likeness (QED) is 0.307. The first-order valence-electron chi connectivity index (χ1n) is 10.9. The predicted octanol–water partition coefficient (Wildman–Crippen LogP) is 4.41. The second-order valence-electron chi connectivity index (χ2n) is 8.71. The monoisotopic (exact) mass is 514 g/mol. The van der Waals surface area contributed by atoms with Gasteiger partial charge >= 0.3 is 0 Å². The minimum atomic E-state index is 0. The molecule has 2 fully saturated rings. The second-order valence-corrected chi connectivity index (χ2v) is 8.71. The fourth-order valence-electron chi connectivity index (χ4n) is 4.28. The molecular weight excluding hydrogens is 475 g/mol. The maximum atomic E-state index is 5.29. The zero-order valence-corrected chi connectivity index (χ0v) is 20.7. The molecule has 0 unspecified atom stereocenters. The van der Waals surface area contributed by atoms with Gasteiger partial charge in [0.15, 0.2) is 5.96 Å². The molecule has 1 aromatic rings. The van der Waals surface area contributed by atoms with Crippen LogP contribution in [0.4, 0.5) is 5.69 Å². The van der Waals surface area contributed by atoms with Crippen LogP contribution in [-0.2, 0) is 11.3 Å². The highest BCUT2D eigenvalue weighted by Gasteiger charge is 2.36. The van der Waals surface area contributed by atoms with Gasteiger partial charge in [0.05, 0.1) is 0 Å². The molecule has 0 radical (unpaired) electrons. The summed E-state index contributed by atoms with van der Waals surface area (Å²) in [5, 5.41) is 7.00. The summed E-state index contributed by atoms with van der Waals surface area (Å²) < 4.78 is 5.29. The number of halogens is 1. The third kappa shape index (κ3) is 7.02. The lowest BCUT2D eigenvalue weighted by Crippen LogP contribution is -2.46. The van der Waals surface area contributed by atoms with Crippen LogP contribution in [0.3, 0.4) is 0 Å². The van der Waals surface area contributed by atoms with Crippen molar-refractivity contribution in [2.75, 3.05) is 45.3 Å². The Morgan fingerprint density at radius 2 is 1.86 bits per heavy atom. The third-order valence-electron chi connectivity index (χ3n) is 6.65. The summed E-state index contributed by atoms with van der Waals surface area (Å²) >= 11 is 0. The Kier molecular flexibility index (Phi) is 10.0. The highest BCUT2D eigenvalue weighted by Crippen LogP contribution is 2.43. The van der Waals surface area contributed by atoms with E-state index in [1.54, 1.807) is 7.11 Å². The standard InChI is InChI=1S/C23H38N4O.HI/c1-19-9-14-27(15-10-19)21-7-5-20(6-8-21)17-25-22(24-2)26-18-23(11-4-12-23)13-16-28-3;/h5-8,19H,4,9-18H2,1-3H3,(H2,24,25,26);1H. The van der Waals surface area contributed by atoms with E-state index in [2.05, 4.69) is 51.7 Å². The first-order chi connectivity index (χ1) is 13.6. The molecule has 3 rings (SSSR count). The molecule has 1 aliphatic heterocycles. The molecule has 2 N–H and O–H groups in total. The summed E-state index contributed by atoms with van der Waals surface area (Å²) in [5.41, 5.74) is 3.03. The van der Waals surface area contributed by atoms with Crippen molar-refractivity contribution in [1.82, 2.24) is 10.6 Å². The molecule has 1 heterocycles. The molecule has 0 spiro atoms. The molecule has 6 heteroatoms. The van der Waals surface area contributed by atoms with E-state index in [9.17, 15) is 0 Å². The molecule has 0 atom stereocenters. The predicted molar refractivity (Wildman–Crippen MR) is 133 cm³/mol. The van der Waals surface area contributed by atoms with Crippen molar-refractivity contribution in [1.29, 1.82) is 0 Å². The number of methoxy groups -OCH3 is 1.